The Bertz CT molecular complexity index is 248. The highest BCUT2D eigenvalue weighted by Crippen LogP contribution is 2.45. The number of rotatable bonds is 0. The Kier molecular flexibility index (Phi) is 1.17. The maximum Gasteiger partial charge on any atom is 0.118 e. The smallest absolute Gasteiger partial charge is 0.118 e. The molecule has 60 valence electrons. The Morgan fingerprint density at radius 3 is 3.00 bits per heavy atom. The van der Waals surface area contributed by atoms with Crippen molar-refractivity contribution < 1.29 is 0 Å². The van der Waals surface area contributed by atoms with E-state index >= 15 is 0 Å². The largest absolute Gasteiger partial charge is 0.384 e. The molecule has 2 rings (SSSR count). The zero-order valence-corrected chi connectivity index (χ0v) is 7.09. The van der Waals surface area contributed by atoms with Gasteiger partial charge in [-0.2, -0.15) is 0 Å². The predicted octanol–water partition coefficient (Wildman–Crippen LogP) is 1.47. The summed E-state index contributed by atoms with van der Waals surface area (Å²) in [4.78, 5) is 4.35. The van der Waals surface area contributed by atoms with Gasteiger partial charge in [0.1, 0.15) is 5.84 Å². The van der Waals surface area contributed by atoms with Crippen molar-refractivity contribution in [1.29, 1.82) is 0 Å². The van der Waals surface area contributed by atoms with Crippen molar-refractivity contribution in [3.63, 3.8) is 0 Å². The summed E-state index contributed by atoms with van der Waals surface area (Å²) in [6.07, 6.45) is 4.48. The molecule has 0 aromatic heterocycles. The molecule has 0 spiro atoms. The third-order valence-electron chi connectivity index (χ3n) is 2.79. The second-order valence-electron chi connectivity index (χ2n) is 4.09. The molecule has 1 saturated carbocycles. The Labute approximate surface area is 67.2 Å². The highest BCUT2D eigenvalue weighted by atomic mass is 14.9. The number of nitrogens with two attached hydrogens (primary N) is 1. The Morgan fingerprint density at radius 1 is 1.64 bits per heavy atom. The van der Waals surface area contributed by atoms with E-state index in [0.717, 1.165) is 5.84 Å². The molecule has 0 amide bonds. The predicted molar refractivity (Wildman–Crippen MR) is 46.5 cm³/mol. The van der Waals surface area contributed by atoms with Crippen LogP contribution in [0.5, 0.6) is 0 Å². The molecule has 2 heteroatoms. The van der Waals surface area contributed by atoms with Gasteiger partial charge in [0.05, 0.1) is 6.04 Å². The lowest BCUT2D eigenvalue weighted by molar-refractivity contribution is 0.462. The van der Waals surface area contributed by atoms with Gasteiger partial charge in [0.15, 0.2) is 0 Å². The highest BCUT2D eigenvalue weighted by Gasteiger charge is 2.38. The lowest BCUT2D eigenvalue weighted by atomic mass is 9.86. The number of aliphatic imine (C=N–C) groups is 1. The van der Waals surface area contributed by atoms with Gasteiger partial charge in [-0.15, -0.1) is 0 Å². The van der Waals surface area contributed by atoms with E-state index < -0.39 is 0 Å². The fourth-order valence-corrected chi connectivity index (χ4v) is 2.05. The topological polar surface area (TPSA) is 38.4 Å². The van der Waals surface area contributed by atoms with Crippen LogP contribution in [0.15, 0.2) is 16.6 Å². The average Bonchev–Trinajstić information content (AvgIpc) is 2.35. The highest BCUT2D eigenvalue weighted by molar-refractivity contribution is 5.95. The molecule has 0 saturated heterocycles. The molecule has 1 atom stereocenters. The molecule has 1 unspecified atom stereocenters. The molecule has 0 radical (unpaired) electrons. The van der Waals surface area contributed by atoms with E-state index in [1.807, 2.05) is 0 Å². The summed E-state index contributed by atoms with van der Waals surface area (Å²) in [6, 6.07) is 0.421. The van der Waals surface area contributed by atoms with Crippen molar-refractivity contribution in [3.05, 3.63) is 11.6 Å². The van der Waals surface area contributed by atoms with Gasteiger partial charge in [-0.3, -0.25) is 4.99 Å². The van der Waals surface area contributed by atoms with Crippen LogP contribution in [0.25, 0.3) is 0 Å². The van der Waals surface area contributed by atoms with Crippen molar-refractivity contribution in [2.45, 2.75) is 32.7 Å². The second-order valence-corrected chi connectivity index (χ2v) is 4.09. The van der Waals surface area contributed by atoms with Gasteiger partial charge in [-0.25, -0.2) is 0 Å². The standard InChI is InChI=1S/C9H14N2/c1-9(2)4-3-7-6(9)5-8(10)11-7/h5,7H,3-4H2,1-2H3,(H2,10,11). The molecular weight excluding hydrogens is 136 g/mol. The zero-order valence-electron chi connectivity index (χ0n) is 7.09. The summed E-state index contributed by atoms with van der Waals surface area (Å²) < 4.78 is 0. The third-order valence-corrected chi connectivity index (χ3v) is 2.79. The van der Waals surface area contributed by atoms with Gasteiger partial charge in [-0.05, 0) is 29.9 Å². The van der Waals surface area contributed by atoms with Gasteiger partial charge >= 0.3 is 0 Å². The summed E-state index contributed by atoms with van der Waals surface area (Å²) in [7, 11) is 0. The molecule has 1 fully saturated rings. The first kappa shape index (κ1) is 6.89. The van der Waals surface area contributed by atoms with E-state index in [4.69, 9.17) is 5.73 Å². The van der Waals surface area contributed by atoms with E-state index in [1.165, 1.54) is 18.4 Å². The molecule has 2 N–H and O–H groups in total. The van der Waals surface area contributed by atoms with Crippen LogP contribution in [0.4, 0.5) is 0 Å². The number of hydrogen-bond acceptors (Lipinski definition) is 2. The minimum Gasteiger partial charge on any atom is -0.384 e. The fourth-order valence-electron chi connectivity index (χ4n) is 2.05. The van der Waals surface area contributed by atoms with Crippen LogP contribution in [-0.2, 0) is 0 Å². The Morgan fingerprint density at radius 2 is 2.36 bits per heavy atom. The van der Waals surface area contributed by atoms with Crippen LogP contribution < -0.4 is 5.73 Å². The molecule has 2 aliphatic rings. The summed E-state index contributed by atoms with van der Waals surface area (Å²) in [5.41, 5.74) is 7.40. The zero-order chi connectivity index (χ0) is 8.06. The summed E-state index contributed by atoms with van der Waals surface area (Å²) >= 11 is 0. The van der Waals surface area contributed by atoms with Crippen molar-refractivity contribution in [2.24, 2.45) is 16.1 Å². The van der Waals surface area contributed by atoms with Crippen molar-refractivity contribution in [1.82, 2.24) is 0 Å². The Hall–Kier alpha value is -0.790. The number of fused-ring (bicyclic) bond motifs is 1. The lowest BCUT2D eigenvalue weighted by Gasteiger charge is -2.18. The van der Waals surface area contributed by atoms with Crippen LogP contribution in [-0.4, -0.2) is 11.9 Å². The van der Waals surface area contributed by atoms with Gasteiger partial charge in [-0.1, -0.05) is 13.8 Å². The van der Waals surface area contributed by atoms with E-state index in [0.29, 0.717) is 11.5 Å². The first-order valence-electron chi connectivity index (χ1n) is 4.15. The first-order chi connectivity index (χ1) is 5.09. The van der Waals surface area contributed by atoms with Crippen LogP contribution in [0.3, 0.4) is 0 Å². The fraction of sp³-hybridized carbons (Fsp3) is 0.667. The first-order valence-corrected chi connectivity index (χ1v) is 4.15. The van der Waals surface area contributed by atoms with E-state index in [2.05, 4.69) is 24.9 Å². The molecule has 11 heavy (non-hydrogen) atoms. The molecule has 0 aromatic rings. The normalized spacial score (nSPS) is 33.1. The maximum atomic E-state index is 5.62. The van der Waals surface area contributed by atoms with Crippen molar-refractivity contribution in [3.8, 4) is 0 Å². The van der Waals surface area contributed by atoms with E-state index in [9.17, 15) is 0 Å². The maximum absolute atomic E-state index is 5.62. The van der Waals surface area contributed by atoms with E-state index in [1.54, 1.807) is 0 Å². The van der Waals surface area contributed by atoms with Crippen LogP contribution in [0.2, 0.25) is 0 Å². The number of hydrogen-bond donors (Lipinski definition) is 1. The molecule has 0 bridgehead atoms. The molecule has 0 aromatic carbocycles. The summed E-state index contributed by atoms with van der Waals surface area (Å²) in [5, 5.41) is 0. The summed E-state index contributed by atoms with van der Waals surface area (Å²) in [5.74, 6) is 0.720. The SMILES string of the molecule is CC1(C)CCC2N=C(N)C=C21. The molecule has 1 heterocycles. The number of nitrogens with zero attached hydrogens (tertiary/aromatic N) is 1. The minimum absolute atomic E-state index is 0.343. The second kappa shape index (κ2) is 1.87. The average molecular weight is 150 g/mol. The van der Waals surface area contributed by atoms with Gasteiger partial charge in [0.25, 0.3) is 0 Å². The van der Waals surface area contributed by atoms with Crippen LogP contribution >= 0.6 is 0 Å². The van der Waals surface area contributed by atoms with Crippen molar-refractivity contribution in [2.75, 3.05) is 0 Å². The molecule has 2 nitrogen and oxygen atoms in total. The molecule has 1 aliphatic heterocycles. The number of amidine groups is 1. The van der Waals surface area contributed by atoms with Gasteiger partial charge in [0.2, 0.25) is 0 Å². The van der Waals surface area contributed by atoms with Gasteiger partial charge in [0, 0.05) is 0 Å². The monoisotopic (exact) mass is 150 g/mol. The van der Waals surface area contributed by atoms with E-state index in [-0.39, 0.29) is 0 Å². The minimum atomic E-state index is 0.343. The lowest BCUT2D eigenvalue weighted by Crippen LogP contribution is -2.10. The van der Waals surface area contributed by atoms with Crippen LogP contribution in [0.1, 0.15) is 26.7 Å². The van der Waals surface area contributed by atoms with Gasteiger partial charge < -0.3 is 5.73 Å². The van der Waals surface area contributed by atoms with Crippen LogP contribution in [0, 0.1) is 5.41 Å². The Balaban J connectivity index is 2.35. The molecular formula is C9H14N2. The molecule has 1 aliphatic carbocycles. The summed E-state index contributed by atoms with van der Waals surface area (Å²) in [6.45, 7) is 4.54. The van der Waals surface area contributed by atoms with Crippen molar-refractivity contribution >= 4 is 5.84 Å². The third kappa shape index (κ3) is 0.889. The quantitative estimate of drug-likeness (QED) is 0.558.